The fraction of sp³-hybridized carbons (Fsp3) is 0.833. The van der Waals surface area contributed by atoms with Crippen LogP contribution in [0.15, 0.2) is 0 Å². The minimum Gasteiger partial charge on any atom is -0.464 e. The molecule has 0 aromatic carbocycles. The summed E-state index contributed by atoms with van der Waals surface area (Å²) in [5.74, 6) is 0.985. The van der Waals surface area contributed by atoms with Crippen LogP contribution in [0.3, 0.4) is 0 Å². The summed E-state index contributed by atoms with van der Waals surface area (Å²) in [6.45, 7) is 2.80. The Labute approximate surface area is 134 Å². The Morgan fingerprint density at radius 1 is 1.30 bits per heavy atom. The maximum absolute atomic E-state index is 12.1. The average molecular weight is 345 g/mol. The van der Waals surface area contributed by atoms with Crippen LogP contribution in [-0.4, -0.2) is 66.4 Å². The number of carbonyl (C=O) groups excluding carboxylic acids is 2. The van der Waals surface area contributed by atoms with E-state index in [2.05, 4.69) is 5.32 Å². The Bertz CT molecular complexity index is 290. The molecule has 118 valence electrons. The largest absolute Gasteiger partial charge is 0.464 e. The standard InChI is InChI=1S/C12H22Cl2N2O3S/c1-3-19-11(17)10(4-9-20-2)15-12(18)16(7-5-13)8-6-14/h10H,3-9H2,1-2H3,(H,15,18). The van der Waals surface area contributed by atoms with E-state index in [0.29, 0.717) is 31.3 Å². The molecule has 2 amide bonds. The summed E-state index contributed by atoms with van der Waals surface area (Å²) in [7, 11) is 0. The molecular formula is C12H22Cl2N2O3S. The Morgan fingerprint density at radius 3 is 2.35 bits per heavy atom. The predicted octanol–water partition coefficient (Wildman–Crippen LogP) is 2.16. The quantitative estimate of drug-likeness (QED) is 0.487. The topological polar surface area (TPSA) is 58.6 Å². The van der Waals surface area contributed by atoms with E-state index >= 15 is 0 Å². The van der Waals surface area contributed by atoms with E-state index in [1.807, 2.05) is 6.26 Å². The molecule has 0 rings (SSSR count). The first-order chi connectivity index (χ1) is 9.60. The first kappa shape index (κ1) is 19.7. The molecule has 0 saturated carbocycles. The summed E-state index contributed by atoms with van der Waals surface area (Å²) in [4.78, 5) is 25.4. The molecule has 0 saturated heterocycles. The van der Waals surface area contributed by atoms with Crippen molar-refractivity contribution in [3.63, 3.8) is 0 Å². The van der Waals surface area contributed by atoms with Crippen LogP contribution >= 0.6 is 35.0 Å². The van der Waals surface area contributed by atoms with E-state index in [4.69, 9.17) is 27.9 Å². The molecule has 5 nitrogen and oxygen atoms in total. The van der Waals surface area contributed by atoms with Gasteiger partial charge in [0.25, 0.3) is 0 Å². The molecular weight excluding hydrogens is 323 g/mol. The lowest BCUT2D eigenvalue weighted by Crippen LogP contribution is -2.49. The van der Waals surface area contributed by atoms with Gasteiger partial charge >= 0.3 is 12.0 Å². The van der Waals surface area contributed by atoms with Crippen LogP contribution in [0.1, 0.15) is 13.3 Å². The van der Waals surface area contributed by atoms with Gasteiger partial charge < -0.3 is 15.0 Å². The van der Waals surface area contributed by atoms with Crippen molar-refractivity contribution >= 4 is 47.0 Å². The van der Waals surface area contributed by atoms with Crippen molar-refractivity contribution in [1.29, 1.82) is 0 Å². The van der Waals surface area contributed by atoms with Crippen LogP contribution in [0.5, 0.6) is 0 Å². The highest BCUT2D eigenvalue weighted by atomic mass is 35.5. The smallest absolute Gasteiger partial charge is 0.328 e. The summed E-state index contributed by atoms with van der Waals surface area (Å²) in [5.41, 5.74) is 0. The summed E-state index contributed by atoms with van der Waals surface area (Å²) in [6.07, 6.45) is 2.47. The first-order valence-corrected chi connectivity index (χ1v) is 8.89. The SMILES string of the molecule is CCOC(=O)C(CCSC)NC(=O)N(CCCl)CCCl. The van der Waals surface area contributed by atoms with E-state index in [1.165, 1.54) is 4.90 Å². The van der Waals surface area contributed by atoms with Crippen molar-refractivity contribution < 1.29 is 14.3 Å². The van der Waals surface area contributed by atoms with Crippen LogP contribution in [0, 0.1) is 0 Å². The van der Waals surface area contributed by atoms with Crippen LogP contribution in [0.25, 0.3) is 0 Å². The number of urea groups is 1. The third-order valence-corrected chi connectivity index (χ3v) is 3.46. The maximum Gasteiger partial charge on any atom is 0.328 e. The Hall–Kier alpha value is -0.330. The number of ether oxygens (including phenoxy) is 1. The van der Waals surface area contributed by atoms with Crippen molar-refractivity contribution in [3.8, 4) is 0 Å². The first-order valence-electron chi connectivity index (χ1n) is 6.43. The van der Waals surface area contributed by atoms with E-state index in [-0.39, 0.29) is 12.6 Å². The molecule has 0 radical (unpaired) electrons. The van der Waals surface area contributed by atoms with E-state index in [9.17, 15) is 9.59 Å². The Morgan fingerprint density at radius 2 is 1.90 bits per heavy atom. The number of amides is 2. The molecule has 1 N–H and O–H groups in total. The lowest BCUT2D eigenvalue weighted by molar-refractivity contribution is -0.145. The van der Waals surface area contributed by atoms with Gasteiger partial charge in [-0.3, -0.25) is 0 Å². The van der Waals surface area contributed by atoms with E-state index in [1.54, 1.807) is 18.7 Å². The zero-order valence-corrected chi connectivity index (χ0v) is 14.2. The van der Waals surface area contributed by atoms with Gasteiger partial charge in [0.2, 0.25) is 0 Å². The fourth-order valence-electron chi connectivity index (χ4n) is 1.49. The van der Waals surface area contributed by atoms with Crippen LogP contribution in [0.2, 0.25) is 0 Å². The second-order valence-electron chi connectivity index (χ2n) is 3.90. The molecule has 0 aromatic heterocycles. The van der Waals surface area contributed by atoms with Gasteiger partial charge in [0.1, 0.15) is 6.04 Å². The number of thioether (sulfide) groups is 1. The molecule has 0 spiro atoms. The summed E-state index contributed by atoms with van der Waals surface area (Å²) >= 11 is 12.9. The molecule has 0 fully saturated rings. The number of nitrogens with zero attached hydrogens (tertiary/aromatic N) is 1. The Balaban J connectivity index is 4.58. The van der Waals surface area contributed by atoms with Crippen molar-refractivity contribution in [2.45, 2.75) is 19.4 Å². The second-order valence-corrected chi connectivity index (χ2v) is 5.64. The number of nitrogens with one attached hydrogen (secondary N) is 1. The molecule has 0 heterocycles. The fourth-order valence-corrected chi connectivity index (χ4v) is 2.37. The predicted molar refractivity (Wildman–Crippen MR) is 85.0 cm³/mol. The van der Waals surface area contributed by atoms with Crippen molar-refractivity contribution in [1.82, 2.24) is 10.2 Å². The third kappa shape index (κ3) is 8.07. The number of hydrogen-bond donors (Lipinski definition) is 1. The zero-order chi connectivity index (χ0) is 15.4. The van der Waals surface area contributed by atoms with Crippen LogP contribution in [0.4, 0.5) is 4.79 Å². The summed E-state index contributed by atoms with van der Waals surface area (Å²) in [6, 6.07) is -0.978. The number of rotatable bonds is 10. The lowest BCUT2D eigenvalue weighted by Gasteiger charge is -2.24. The highest BCUT2D eigenvalue weighted by Gasteiger charge is 2.24. The van der Waals surface area contributed by atoms with Gasteiger partial charge in [0.05, 0.1) is 6.61 Å². The van der Waals surface area contributed by atoms with Crippen LogP contribution < -0.4 is 5.32 Å². The van der Waals surface area contributed by atoms with Gasteiger partial charge in [-0.15, -0.1) is 23.2 Å². The van der Waals surface area contributed by atoms with Gasteiger partial charge in [0.15, 0.2) is 0 Å². The van der Waals surface area contributed by atoms with Crippen molar-refractivity contribution in [2.75, 3.05) is 43.5 Å². The maximum atomic E-state index is 12.1. The highest BCUT2D eigenvalue weighted by Crippen LogP contribution is 2.04. The molecule has 1 unspecified atom stereocenters. The van der Waals surface area contributed by atoms with E-state index < -0.39 is 12.0 Å². The molecule has 0 aliphatic heterocycles. The number of hydrogen-bond acceptors (Lipinski definition) is 4. The van der Waals surface area contributed by atoms with Gasteiger partial charge in [-0.05, 0) is 25.4 Å². The molecule has 8 heteroatoms. The van der Waals surface area contributed by atoms with E-state index in [0.717, 1.165) is 5.75 Å². The lowest BCUT2D eigenvalue weighted by atomic mass is 10.2. The summed E-state index contributed by atoms with van der Waals surface area (Å²) in [5, 5.41) is 2.69. The second kappa shape index (κ2) is 12.4. The molecule has 1 atom stereocenters. The molecule has 0 aliphatic carbocycles. The monoisotopic (exact) mass is 344 g/mol. The normalized spacial score (nSPS) is 11.8. The molecule has 0 aromatic rings. The number of halogens is 2. The summed E-state index contributed by atoms with van der Waals surface area (Å²) < 4.78 is 4.97. The molecule has 0 bridgehead atoms. The average Bonchev–Trinajstić information content (AvgIpc) is 2.43. The highest BCUT2D eigenvalue weighted by molar-refractivity contribution is 7.98. The number of esters is 1. The van der Waals surface area contributed by atoms with Crippen LogP contribution in [-0.2, 0) is 9.53 Å². The van der Waals surface area contributed by atoms with Gasteiger partial charge in [-0.2, -0.15) is 11.8 Å². The number of alkyl halides is 2. The third-order valence-electron chi connectivity index (χ3n) is 2.48. The zero-order valence-electron chi connectivity index (χ0n) is 11.9. The van der Waals surface area contributed by atoms with Gasteiger partial charge in [0, 0.05) is 24.8 Å². The van der Waals surface area contributed by atoms with Crippen molar-refractivity contribution in [3.05, 3.63) is 0 Å². The Kier molecular flexibility index (Phi) is 12.2. The molecule has 20 heavy (non-hydrogen) atoms. The minimum absolute atomic E-state index is 0.289. The number of carbonyl (C=O) groups is 2. The van der Waals surface area contributed by atoms with Gasteiger partial charge in [-0.1, -0.05) is 0 Å². The van der Waals surface area contributed by atoms with Crippen molar-refractivity contribution in [2.24, 2.45) is 0 Å². The molecule has 0 aliphatic rings. The van der Waals surface area contributed by atoms with Gasteiger partial charge in [-0.25, -0.2) is 9.59 Å². The minimum atomic E-state index is -0.636.